The lowest BCUT2D eigenvalue weighted by molar-refractivity contribution is 0.221. The topological polar surface area (TPSA) is 58.3 Å². The van der Waals surface area contributed by atoms with Gasteiger partial charge in [0.05, 0.1) is 12.1 Å². The molecule has 0 aromatic rings. The van der Waals surface area contributed by atoms with Crippen molar-refractivity contribution in [1.82, 2.24) is 5.32 Å². The summed E-state index contributed by atoms with van der Waals surface area (Å²) in [6.45, 7) is 2.33. The van der Waals surface area contributed by atoms with Crippen molar-refractivity contribution in [3.8, 4) is 0 Å². The summed E-state index contributed by atoms with van der Waals surface area (Å²) in [6.07, 6.45) is 7.81. The molecule has 1 aliphatic carbocycles. The average molecular weight is 192 g/mol. The molecule has 3 heteroatoms. The van der Waals surface area contributed by atoms with Gasteiger partial charge in [0.15, 0.2) is 0 Å². The number of hydrogen-bond donors (Lipinski definition) is 3. The van der Waals surface area contributed by atoms with Gasteiger partial charge in [-0.3, -0.25) is 0 Å². The van der Waals surface area contributed by atoms with Crippen LogP contribution in [0.25, 0.3) is 0 Å². The number of fused-ring (bicyclic) bond motifs is 1. The van der Waals surface area contributed by atoms with Gasteiger partial charge in [0.1, 0.15) is 0 Å². The fraction of sp³-hybridized carbons (Fsp3) is 0.455. The minimum Gasteiger partial charge on any atom is -0.387 e. The maximum absolute atomic E-state index is 9.58. The highest BCUT2D eigenvalue weighted by Gasteiger charge is 2.25. The minimum absolute atomic E-state index is 0.278. The van der Waals surface area contributed by atoms with Crippen molar-refractivity contribution in [2.24, 2.45) is 11.7 Å². The Morgan fingerprint density at radius 3 is 3.07 bits per heavy atom. The van der Waals surface area contributed by atoms with Crippen LogP contribution < -0.4 is 11.1 Å². The normalized spacial score (nSPS) is 31.6. The van der Waals surface area contributed by atoms with Gasteiger partial charge in [-0.2, -0.15) is 0 Å². The molecule has 0 fully saturated rings. The van der Waals surface area contributed by atoms with Gasteiger partial charge in [0, 0.05) is 18.2 Å². The number of aliphatic hydroxyl groups excluding tert-OH is 1. The highest BCUT2D eigenvalue weighted by atomic mass is 16.3. The Balaban J connectivity index is 2.14. The lowest BCUT2D eigenvalue weighted by Crippen LogP contribution is -2.30. The molecule has 3 unspecified atom stereocenters. The van der Waals surface area contributed by atoms with Crippen molar-refractivity contribution >= 4 is 0 Å². The molecule has 3 atom stereocenters. The van der Waals surface area contributed by atoms with Gasteiger partial charge in [0.25, 0.3) is 0 Å². The summed E-state index contributed by atoms with van der Waals surface area (Å²) in [6, 6.07) is 0.302. The summed E-state index contributed by atoms with van der Waals surface area (Å²) in [7, 11) is 0. The molecule has 4 N–H and O–H groups in total. The lowest BCUT2D eigenvalue weighted by atomic mass is 9.91. The zero-order valence-corrected chi connectivity index (χ0v) is 8.27. The highest BCUT2D eigenvalue weighted by Crippen LogP contribution is 2.25. The molecule has 14 heavy (non-hydrogen) atoms. The first-order valence-electron chi connectivity index (χ1n) is 4.93. The second kappa shape index (κ2) is 3.59. The number of nitrogens with one attached hydrogen (secondary N) is 1. The summed E-state index contributed by atoms with van der Waals surface area (Å²) in [5.74, 6) is 0.434. The molecule has 0 saturated heterocycles. The average Bonchev–Trinajstić information content (AvgIpc) is 2.55. The Hall–Kier alpha value is -1.06. The fourth-order valence-electron chi connectivity index (χ4n) is 1.97. The monoisotopic (exact) mass is 192 g/mol. The standard InChI is InChI=1S/C11H16N2O/c1-7-4-8-2-3-9(11(14)6-12)5-10(8)13-7/h2-5,8,10-11,13-14H,6,12H2,1H3. The molecule has 0 amide bonds. The van der Waals surface area contributed by atoms with E-state index in [1.54, 1.807) is 0 Å². The Morgan fingerprint density at radius 2 is 2.36 bits per heavy atom. The van der Waals surface area contributed by atoms with Crippen LogP contribution >= 0.6 is 0 Å². The van der Waals surface area contributed by atoms with E-state index in [-0.39, 0.29) is 6.54 Å². The predicted molar refractivity (Wildman–Crippen MR) is 56.5 cm³/mol. The van der Waals surface area contributed by atoms with Gasteiger partial charge < -0.3 is 16.2 Å². The molecule has 0 aromatic carbocycles. The van der Waals surface area contributed by atoms with Crippen LogP contribution in [0, 0.1) is 5.92 Å². The van der Waals surface area contributed by atoms with E-state index in [0.29, 0.717) is 12.0 Å². The molecular weight excluding hydrogens is 176 g/mol. The first-order chi connectivity index (χ1) is 6.70. The third-order valence-corrected chi connectivity index (χ3v) is 2.74. The van der Waals surface area contributed by atoms with E-state index in [0.717, 1.165) is 5.57 Å². The molecule has 2 rings (SSSR count). The molecule has 1 heterocycles. The van der Waals surface area contributed by atoms with Crippen LogP contribution in [0.1, 0.15) is 6.92 Å². The molecule has 0 saturated carbocycles. The quantitative estimate of drug-likeness (QED) is 0.589. The summed E-state index contributed by atoms with van der Waals surface area (Å²) in [4.78, 5) is 0. The van der Waals surface area contributed by atoms with E-state index in [2.05, 4.69) is 30.5 Å². The van der Waals surface area contributed by atoms with Crippen LogP contribution in [-0.2, 0) is 0 Å². The lowest BCUT2D eigenvalue weighted by Gasteiger charge is -2.21. The third-order valence-electron chi connectivity index (χ3n) is 2.74. The summed E-state index contributed by atoms with van der Waals surface area (Å²) in [5.41, 5.74) is 7.53. The fourth-order valence-corrected chi connectivity index (χ4v) is 1.97. The van der Waals surface area contributed by atoms with E-state index < -0.39 is 6.10 Å². The SMILES string of the molecule is CC1=CC2C=CC(C(O)CN)=CC2N1. The minimum atomic E-state index is -0.532. The summed E-state index contributed by atoms with van der Waals surface area (Å²) >= 11 is 0. The van der Waals surface area contributed by atoms with Gasteiger partial charge in [-0.05, 0) is 12.5 Å². The highest BCUT2D eigenvalue weighted by molar-refractivity contribution is 5.36. The van der Waals surface area contributed by atoms with Crippen LogP contribution in [0.15, 0.2) is 35.6 Å². The van der Waals surface area contributed by atoms with E-state index in [9.17, 15) is 5.11 Å². The molecule has 76 valence electrons. The molecule has 3 nitrogen and oxygen atoms in total. The van der Waals surface area contributed by atoms with Gasteiger partial charge in [0.2, 0.25) is 0 Å². The van der Waals surface area contributed by atoms with Crippen molar-refractivity contribution in [2.75, 3.05) is 6.54 Å². The zero-order valence-electron chi connectivity index (χ0n) is 8.27. The van der Waals surface area contributed by atoms with Crippen molar-refractivity contribution in [2.45, 2.75) is 19.1 Å². The maximum atomic E-state index is 9.58. The Bertz CT molecular complexity index is 317. The van der Waals surface area contributed by atoms with Crippen molar-refractivity contribution in [3.63, 3.8) is 0 Å². The van der Waals surface area contributed by atoms with Crippen LogP contribution in [0.2, 0.25) is 0 Å². The smallest absolute Gasteiger partial charge is 0.0909 e. The number of nitrogens with two attached hydrogens (primary N) is 1. The van der Waals surface area contributed by atoms with Gasteiger partial charge >= 0.3 is 0 Å². The van der Waals surface area contributed by atoms with Crippen molar-refractivity contribution < 1.29 is 5.11 Å². The van der Waals surface area contributed by atoms with E-state index in [4.69, 9.17) is 5.73 Å². The van der Waals surface area contributed by atoms with Crippen LogP contribution in [-0.4, -0.2) is 23.8 Å². The Labute approximate surface area is 84.0 Å². The summed E-state index contributed by atoms with van der Waals surface area (Å²) in [5, 5.41) is 12.9. The summed E-state index contributed by atoms with van der Waals surface area (Å²) < 4.78 is 0. The third kappa shape index (κ3) is 1.61. The first-order valence-corrected chi connectivity index (χ1v) is 4.93. The van der Waals surface area contributed by atoms with Gasteiger partial charge in [-0.25, -0.2) is 0 Å². The maximum Gasteiger partial charge on any atom is 0.0909 e. The van der Waals surface area contributed by atoms with Crippen molar-refractivity contribution in [3.05, 3.63) is 35.6 Å². The van der Waals surface area contributed by atoms with E-state index >= 15 is 0 Å². The molecule has 1 aliphatic heterocycles. The number of hydrogen-bond acceptors (Lipinski definition) is 3. The predicted octanol–water partition coefficient (Wildman–Crippen LogP) is 0.294. The molecule has 0 radical (unpaired) electrons. The van der Waals surface area contributed by atoms with Crippen LogP contribution in [0.4, 0.5) is 0 Å². The van der Waals surface area contributed by atoms with E-state index in [1.807, 2.05) is 6.08 Å². The van der Waals surface area contributed by atoms with Crippen molar-refractivity contribution in [1.29, 1.82) is 0 Å². The Kier molecular flexibility index (Phi) is 2.44. The second-order valence-corrected chi connectivity index (χ2v) is 3.87. The molecule has 0 aromatic heterocycles. The zero-order chi connectivity index (χ0) is 10.1. The van der Waals surface area contributed by atoms with Crippen LogP contribution in [0.3, 0.4) is 0 Å². The van der Waals surface area contributed by atoms with Crippen LogP contribution in [0.5, 0.6) is 0 Å². The Morgan fingerprint density at radius 1 is 1.57 bits per heavy atom. The number of aliphatic hydroxyl groups is 1. The van der Waals surface area contributed by atoms with E-state index in [1.165, 1.54) is 5.70 Å². The first kappa shape index (κ1) is 9.49. The molecule has 2 aliphatic rings. The van der Waals surface area contributed by atoms with Gasteiger partial charge in [-0.1, -0.05) is 24.3 Å². The molecule has 0 spiro atoms. The number of rotatable bonds is 2. The molecular formula is C11H16N2O. The molecule has 0 bridgehead atoms. The second-order valence-electron chi connectivity index (χ2n) is 3.87. The van der Waals surface area contributed by atoms with Gasteiger partial charge in [-0.15, -0.1) is 0 Å². The largest absolute Gasteiger partial charge is 0.387 e. The number of allylic oxidation sites excluding steroid dienone is 1.